The minimum absolute atomic E-state index is 0.0503. The number of hydrogen-bond donors (Lipinski definition) is 3. The molecule has 4 amide bonds. The van der Waals surface area contributed by atoms with Gasteiger partial charge in [-0.3, -0.25) is 14.4 Å². The first kappa shape index (κ1) is 37.6. The van der Waals surface area contributed by atoms with Crippen LogP contribution in [0.25, 0.3) is 0 Å². The molecule has 0 aliphatic carbocycles. The zero-order chi connectivity index (χ0) is 33.7. The van der Waals surface area contributed by atoms with E-state index in [2.05, 4.69) is 17.6 Å². The van der Waals surface area contributed by atoms with E-state index in [1.165, 1.54) is 4.90 Å². The Morgan fingerprint density at radius 2 is 1.60 bits per heavy atom. The Bertz CT molecular complexity index is 1300. The number of nitrogens with zero attached hydrogens (tertiary/aromatic N) is 1. The summed E-state index contributed by atoms with van der Waals surface area (Å²) in [5.74, 6) is -1.57. The molecule has 9 nitrogen and oxygen atoms in total. The molecule has 45 heavy (non-hydrogen) atoms. The molecule has 0 aliphatic heterocycles. The van der Waals surface area contributed by atoms with Crippen LogP contribution in [-0.4, -0.2) is 46.9 Å². The molecule has 2 atom stereocenters. The van der Waals surface area contributed by atoms with Crippen LogP contribution in [0.4, 0.5) is 10.5 Å². The molecule has 0 saturated carbocycles. The van der Waals surface area contributed by atoms with Gasteiger partial charge >= 0.3 is 6.09 Å². The molecule has 248 valence electrons. The number of alkyl carbamates (subject to hydrolysis) is 1. The highest BCUT2D eigenvalue weighted by molar-refractivity contribution is 6.34. The van der Waals surface area contributed by atoms with Crippen LogP contribution in [0.15, 0.2) is 36.4 Å². The van der Waals surface area contributed by atoms with E-state index >= 15 is 0 Å². The molecule has 0 heterocycles. The number of rotatable bonds is 16. The van der Waals surface area contributed by atoms with Gasteiger partial charge in [0.15, 0.2) is 0 Å². The second-order valence-corrected chi connectivity index (χ2v) is 13.1. The zero-order valence-corrected chi connectivity index (χ0v) is 28.7. The highest BCUT2D eigenvalue weighted by Gasteiger charge is 2.36. The van der Waals surface area contributed by atoms with Crippen LogP contribution < -0.4 is 16.4 Å². The maximum atomic E-state index is 14.5. The molecule has 0 aromatic heterocycles. The number of aryl methyl sites for hydroxylation is 3. The summed E-state index contributed by atoms with van der Waals surface area (Å²) < 4.78 is 5.44. The van der Waals surface area contributed by atoms with Crippen molar-refractivity contribution in [2.45, 2.75) is 118 Å². The third-order valence-corrected chi connectivity index (χ3v) is 7.90. The molecule has 0 bridgehead atoms. The number of ether oxygens (including phenoxy) is 1. The maximum Gasteiger partial charge on any atom is 0.408 e. The molecule has 0 spiro atoms. The second kappa shape index (κ2) is 17.8. The summed E-state index contributed by atoms with van der Waals surface area (Å²) in [6.45, 7) is 13.3. The molecule has 0 aliphatic rings. The summed E-state index contributed by atoms with van der Waals surface area (Å²) in [5.41, 5.74) is 8.49. The van der Waals surface area contributed by atoms with E-state index in [9.17, 15) is 19.2 Å². The Hall–Kier alpha value is -3.59. The molecule has 0 radical (unpaired) electrons. The fraction of sp³-hybridized carbons (Fsp3) is 0.543. The number of halogens is 1. The second-order valence-electron chi connectivity index (χ2n) is 12.7. The van der Waals surface area contributed by atoms with Crippen LogP contribution in [0.2, 0.25) is 5.02 Å². The van der Waals surface area contributed by atoms with Crippen molar-refractivity contribution in [1.29, 1.82) is 0 Å². The largest absolute Gasteiger partial charge is 0.444 e. The van der Waals surface area contributed by atoms with E-state index in [-0.39, 0.29) is 19.4 Å². The van der Waals surface area contributed by atoms with Gasteiger partial charge < -0.3 is 26.0 Å². The van der Waals surface area contributed by atoms with Crippen LogP contribution in [0.3, 0.4) is 0 Å². The van der Waals surface area contributed by atoms with Crippen molar-refractivity contribution in [3.8, 4) is 0 Å². The highest BCUT2D eigenvalue weighted by Crippen LogP contribution is 2.31. The lowest BCUT2D eigenvalue weighted by Crippen LogP contribution is -2.53. The van der Waals surface area contributed by atoms with Gasteiger partial charge in [-0.2, -0.15) is 0 Å². The van der Waals surface area contributed by atoms with Crippen LogP contribution in [0, 0.1) is 20.8 Å². The number of amides is 4. The predicted octanol–water partition coefficient (Wildman–Crippen LogP) is 7.29. The van der Waals surface area contributed by atoms with Crippen LogP contribution >= 0.6 is 11.6 Å². The van der Waals surface area contributed by atoms with E-state index in [4.69, 9.17) is 22.1 Å². The molecule has 2 aromatic rings. The highest BCUT2D eigenvalue weighted by atomic mass is 35.5. The minimum Gasteiger partial charge on any atom is -0.444 e. The van der Waals surface area contributed by atoms with Crippen molar-refractivity contribution in [1.82, 2.24) is 10.2 Å². The zero-order valence-electron chi connectivity index (χ0n) is 27.9. The summed E-state index contributed by atoms with van der Waals surface area (Å²) in [4.78, 5) is 54.9. The van der Waals surface area contributed by atoms with E-state index < -0.39 is 41.5 Å². The Balaban J connectivity index is 2.61. The van der Waals surface area contributed by atoms with Crippen LogP contribution in [0.5, 0.6) is 0 Å². The number of nitrogens with two attached hydrogens (primary N) is 1. The topological polar surface area (TPSA) is 131 Å². The Morgan fingerprint density at radius 3 is 2.20 bits per heavy atom. The summed E-state index contributed by atoms with van der Waals surface area (Å²) in [7, 11) is 0. The van der Waals surface area contributed by atoms with Crippen LogP contribution in [-0.2, 0) is 19.1 Å². The maximum absolute atomic E-state index is 14.5. The van der Waals surface area contributed by atoms with Gasteiger partial charge in [-0.15, -0.1) is 0 Å². The molecule has 10 heteroatoms. The van der Waals surface area contributed by atoms with Crippen molar-refractivity contribution < 1.29 is 23.9 Å². The number of anilines is 1. The first-order chi connectivity index (χ1) is 21.1. The van der Waals surface area contributed by atoms with Crippen molar-refractivity contribution in [2.24, 2.45) is 5.73 Å². The Morgan fingerprint density at radius 1 is 0.933 bits per heavy atom. The molecular weight excluding hydrogens is 592 g/mol. The molecule has 0 saturated heterocycles. The smallest absolute Gasteiger partial charge is 0.408 e. The van der Waals surface area contributed by atoms with E-state index in [1.54, 1.807) is 32.9 Å². The number of benzene rings is 2. The molecule has 2 rings (SSSR count). The normalized spacial score (nSPS) is 12.6. The number of hydrogen-bond acceptors (Lipinski definition) is 5. The number of para-hydroxylation sites is 1. The first-order valence-electron chi connectivity index (χ1n) is 15.9. The lowest BCUT2D eigenvalue weighted by Gasteiger charge is -2.35. The van der Waals surface area contributed by atoms with E-state index in [0.717, 1.165) is 48.8 Å². The molecule has 0 fully saturated rings. The van der Waals surface area contributed by atoms with Crippen LogP contribution in [0.1, 0.15) is 107 Å². The van der Waals surface area contributed by atoms with Gasteiger partial charge in [0.2, 0.25) is 11.8 Å². The average molecular weight is 643 g/mol. The van der Waals surface area contributed by atoms with Gasteiger partial charge in [0.05, 0.1) is 10.7 Å². The fourth-order valence-electron chi connectivity index (χ4n) is 5.01. The molecule has 2 aromatic carbocycles. The fourth-order valence-corrected chi connectivity index (χ4v) is 5.28. The first-order valence-corrected chi connectivity index (χ1v) is 16.2. The van der Waals surface area contributed by atoms with Gasteiger partial charge in [-0.25, -0.2) is 4.79 Å². The van der Waals surface area contributed by atoms with Gasteiger partial charge in [-0.05, 0) is 82.7 Å². The Kier molecular flexibility index (Phi) is 14.9. The minimum atomic E-state index is -1.16. The third kappa shape index (κ3) is 12.4. The summed E-state index contributed by atoms with van der Waals surface area (Å²) in [6.07, 6.45) is 4.83. The monoisotopic (exact) mass is 642 g/mol. The number of nitrogens with one attached hydrogen (secondary N) is 2. The number of unbranched alkanes of at least 4 members (excludes halogenated alkanes) is 5. The third-order valence-electron chi connectivity index (χ3n) is 7.58. The summed E-state index contributed by atoms with van der Waals surface area (Å²) in [5, 5.41) is 6.00. The Labute approximate surface area is 273 Å². The molecular formula is C35H51ClN4O5. The van der Waals surface area contributed by atoms with Gasteiger partial charge in [-0.1, -0.05) is 81.0 Å². The SMILES string of the molecule is CCCCCCCCN(C(=O)C(CCC(N)=O)NC(=O)OC(C)(C)C)C(C(=O)Nc1c(C)cccc1Cl)c1ccc(C)c(C)c1. The van der Waals surface area contributed by atoms with E-state index in [1.807, 2.05) is 45.0 Å². The standard InChI is InChI=1S/C35H51ClN4O5/c1-8-9-10-11-12-13-21-40(33(43)28(19-20-29(37)41)38-34(44)45-35(5,6)7)31(26-18-17-23(2)25(4)22-26)32(42)39-30-24(3)15-14-16-27(30)36/h14-18,22,28,31H,8-13,19-21H2,1-7H3,(H2,37,41)(H,38,44)(H,39,42). The predicted molar refractivity (Wildman–Crippen MR) is 180 cm³/mol. The van der Waals surface area contributed by atoms with Gasteiger partial charge in [0.1, 0.15) is 17.7 Å². The summed E-state index contributed by atoms with van der Waals surface area (Å²) in [6, 6.07) is 8.79. The van der Waals surface area contributed by atoms with Crippen molar-refractivity contribution in [3.05, 3.63) is 63.7 Å². The van der Waals surface area contributed by atoms with E-state index in [0.29, 0.717) is 22.7 Å². The molecule has 2 unspecified atom stereocenters. The average Bonchev–Trinajstić information content (AvgIpc) is 2.94. The lowest BCUT2D eigenvalue weighted by atomic mass is 9.97. The molecule has 4 N–H and O–H groups in total. The van der Waals surface area contributed by atoms with Gasteiger partial charge in [0.25, 0.3) is 5.91 Å². The summed E-state index contributed by atoms with van der Waals surface area (Å²) >= 11 is 6.49. The quantitative estimate of drug-likeness (QED) is 0.165. The number of carbonyl (C=O) groups is 4. The van der Waals surface area contributed by atoms with Crippen molar-refractivity contribution in [2.75, 3.05) is 11.9 Å². The van der Waals surface area contributed by atoms with Crippen molar-refractivity contribution >= 4 is 41.1 Å². The number of carbonyl (C=O) groups excluding carboxylic acids is 4. The lowest BCUT2D eigenvalue weighted by molar-refractivity contribution is -0.141. The van der Waals surface area contributed by atoms with Crippen molar-refractivity contribution in [3.63, 3.8) is 0 Å². The van der Waals surface area contributed by atoms with Gasteiger partial charge in [0, 0.05) is 13.0 Å². The number of primary amides is 1.